The molecule has 3 fully saturated rings. The molecule has 45 heavy (non-hydrogen) atoms. The van der Waals surface area contributed by atoms with Crippen LogP contribution in [0.5, 0.6) is 0 Å². The number of rotatable bonds is 12. The first kappa shape index (κ1) is 33.6. The van der Waals surface area contributed by atoms with Crippen molar-refractivity contribution in [2.75, 3.05) is 6.61 Å². The van der Waals surface area contributed by atoms with Gasteiger partial charge in [-0.15, -0.1) is 0 Å². The van der Waals surface area contributed by atoms with Crippen LogP contribution in [0, 0.1) is 16.7 Å². The second-order valence-corrected chi connectivity index (χ2v) is 19.5. The molecule has 2 bridgehead atoms. The van der Waals surface area contributed by atoms with Gasteiger partial charge in [0.05, 0.1) is 12.7 Å². The van der Waals surface area contributed by atoms with Crippen molar-refractivity contribution in [1.82, 2.24) is 0 Å². The summed E-state index contributed by atoms with van der Waals surface area (Å²) in [6, 6.07) is 31.9. The maximum absolute atomic E-state index is 12.8. The second kappa shape index (κ2) is 12.8. The summed E-state index contributed by atoms with van der Waals surface area (Å²) in [5, 5.41) is 15.4. The van der Waals surface area contributed by atoms with E-state index in [-0.39, 0.29) is 22.5 Å². The normalized spacial score (nSPS) is 26.2. The first-order valence-electron chi connectivity index (χ1n) is 16.8. The molecule has 0 spiro atoms. The molecule has 240 valence electrons. The van der Waals surface area contributed by atoms with Crippen LogP contribution in [0.1, 0.15) is 79.2 Å². The fourth-order valence-electron chi connectivity index (χ4n) is 8.65. The molecule has 0 radical (unpaired) electrons. The maximum atomic E-state index is 12.8. The van der Waals surface area contributed by atoms with E-state index in [1.807, 2.05) is 18.2 Å². The Morgan fingerprint density at radius 2 is 1.40 bits per heavy atom. The van der Waals surface area contributed by atoms with Gasteiger partial charge in [-0.25, -0.2) is 0 Å². The molecule has 0 aliphatic heterocycles. The van der Waals surface area contributed by atoms with E-state index in [0.717, 1.165) is 48.8 Å². The summed E-state index contributed by atoms with van der Waals surface area (Å²) in [5.74, 6) is 0.177. The third-order valence-corrected chi connectivity index (χ3v) is 16.4. The minimum absolute atomic E-state index is 0.0547. The average molecular weight is 623 g/mol. The van der Waals surface area contributed by atoms with Crippen molar-refractivity contribution in [3.63, 3.8) is 0 Å². The topological polar surface area (TPSA) is 38.7 Å². The molecule has 0 unspecified atom stereocenters. The molecule has 4 heteroatoms. The molecule has 3 saturated carbocycles. The lowest BCUT2D eigenvalue weighted by atomic mass is 9.41. The minimum Gasteiger partial charge on any atom is -0.407 e. The van der Waals surface area contributed by atoms with Crippen LogP contribution >= 0.6 is 0 Å². The van der Waals surface area contributed by atoms with E-state index in [0.29, 0.717) is 13.2 Å². The lowest BCUT2D eigenvalue weighted by Gasteiger charge is -2.67. The van der Waals surface area contributed by atoms with Gasteiger partial charge < -0.3 is 14.3 Å². The van der Waals surface area contributed by atoms with Crippen LogP contribution < -0.4 is 10.4 Å². The fraction of sp³-hybridized carbons (Fsp3) is 0.463. The summed E-state index contributed by atoms with van der Waals surface area (Å²) >= 11 is 0. The largest absolute Gasteiger partial charge is 0.407 e. The Hall–Kier alpha value is -2.76. The number of aliphatic hydroxyl groups is 1. The summed E-state index contributed by atoms with van der Waals surface area (Å²) in [7, 11) is -2.58. The van der Waals surface area contributed by atoms with Gasteiger partial charge in [-0.05, 0) is 70.0 Å². The highest BCUT2D eigenvalue weighted by atomic mass is 28.4. The summed E-state index contributed by atoms with van der Waals surface area (Å²) < 4.78 is 13.9. The van der Waals surface area contributed by atoms with Crippen molar-refractivity contribution in [3.8, 4) is 0 Å². The number of benzene rings is 3. The molecule has 0 saturated heterocycles. The maximum Gasteiger partial charge on any atom is 0.261 e. The van der Waals surface area contributed by atoms with E-state index in [1.165, 1.54) is 10.4 Å². The number of unbranched alkanes of at least 4 members (excludes halogenated alkanes) is 1. The molecule has 6 rings (SSSR count). The Kier molecular flexibility index (Phi) is 9.55. The van der Waals surface area contributed by atoms with Gasteiger partial charge >= 0.3 is 0 Å². The van der Waals surface area contributed by atoms with Gasteiger partial charge in [-0.2, -0.15) is 0 Å². The lowest BCUT2D eigenvalue weighted by molar-refractivity contribution is -0.234. The van der Waals surface area contributed by atoms with Crippen molar-refractivity contribution in [3.05, 3.63) is 121 Å². The predicted molar refractivity (Wildman–Crippen MR) is 190 cm³/mol. The number of hydrogen-bond acceptors (Lipinski definition) is 3. The van der Waals surface area contributed by atoms with Crippen LogP contribution in [0.15, 0.2) is 115 Å². The third kappa shape index (κ3) is 5.73. The molecular weight excluding hydrogens is 569 g/mol. The lowest BCUT2D eigenvalue weighted by Crippen LogP contribution is -2.70. The van der Waals surface area contributed by atoms with E-state index < -0.39 is 19.3 Å². The first-order valence-corrected chi connectivity index (χ1v) is 18.7. The van der Waals surface area contributed by atoms with Gasteiger partial charge in [0.1, 0.15) is 5.60 Å². The van der Waals surface area contributed by atoms with Crippen molar-refractivity contribution >= 4 is 18.7 Å². The quantitative estimate of drug-likeness (QED) is 0.125. The van der Waals surface area contributed by atoms with E-state index in [1.54, 1.807) is 0 Å². The van der Waals surface area contributed by atoms with E-state index >= 15 is 0 Å². The number of ether oxygens (including phenoxy) is 1. The SMILES string of the molecule is C=C(CCCCO[Si](c1ccccc1)(c1ccccc1)C(C)(C)C)[C@@]1(O)[C@@H](OCc2ccccc2)[C@H]2CC[C@]1(C)C(=C)C2(C)C. The first-order chi connectivity index (χ1) is 21.3. The Bertz CT molecular complexity index is 1420. The van der Waals surface area contributed by atoms with Crippen molar-refractivity contribution < 1.29 is 14.3 Å². The van der Waals surface area contributed by atoms with Gasteiger partial charge in [-0.1, -0.05) is 151 Å². The van der Waals surface area contributed by atoms with Crippen molar-refractivity contribution in [2.45, 2.75) is 97.0 Å². The van der Waals surface area contributed by atoms with Gasteiger partial charge in [0.15, 0.2) is 0 Å². The van der Waals surface area contributed by atoms with Gasteiger partial charge in [-0.3, -0.25) is 0 Å². The van der Waals surface area contributed by atoms with Crippen molar-refractivity contribution in [2.24, 2.45) is 16.7 Å². The third-order valence-electron chi connectivity index (χ3n) is 11.4. The molecule has 0 amide bonds. The van der Waals surface area contributed by atoms with E-state index in [2.05, 4.69) is 127 Å². The molecule has 3 nitrogen and oxygen atoms in total. The van der Waals surface area contributed by atoms with Gasteiger partial charge in [0, 0.05) is 12.0 Å². The molecule has 3 aromatic carbocycles. The molecule has 0 aromatic heterocycles. The molecule has 1 N–H and O–H groups in total. The zero-order valence-corrected chi connectivity index (χ0v) is 29.4. The van der Waals surface area contributed by atoms with E-state index in [9.17, 15) is 5.11 Å². The molecule has 3 aromatic rings. The zero-order chi connectivity index (χ0) is 32.5. The Morgan fingerprint density at radius 1 is 0.867 bits per heavy atom. The van der Waals surface area contributed by atoms with Crippen LogP contribution in [0.25, 0.3) is 0 Å². The van der Waals surface area contributed by atoms with Crippen LogP contribution in [0.4, 0.5) is 0 Å². The Balaban J connectivity index is 1.33. The highest BCUT2D eigenvalue weighted by Gasteiger charge is 2.68. The minimum atomic E-state index is -2.58. The summed E-state index contributed by atoms with van der Waals surface area (Å²) in [4.78, 5) is 0. The summed E-state index contributed by atoms with van der Waals surface area (Å²) in [6.07, 6.45) is 4.09. The van der Waals surface area contributed by atoms with Gasteiger partial charge in [0.25, 0.3) is 8.32 Å². The van der Waals surface area contributed by atoms with Crippen molar-refractivity contribution in [1.29, 1.82) is 0 Å². The summed E-state index contributed by atoms with van der Waals surface area (Å²) in [6.45, 7) is 24.0. The monoisotopic (exact) mass is 622 g/mol. The number of fused-ring (bicyclic) bond motifs is 3. The average Bonchev–Trinajstić information content (AvgIpc) is 3.02. The predicted octanol–water partition coefficient (Wildman–Crippen LogP) is 8.62. The Morgan fingerprint density at radius 3 is 1.93 bits per heavy atom. The highest BCUT2D eigenvalue weighted by Crippen LogP contribution is 2.67. The molecular formula is C41H54O3Si. The molecule has 3 aliphatic carbocycles. The summed E-state index contributed by atoms with van der Waals surface area (Å²) in [5.41, 5.74) is 1.34. The van der Waals surface area contributed by atoms with Crippen LogP contribution in [-0.4, -0.2) is 31.7 Å². The molecule has 4 atom stereocenters. The van der Waals surface area contributed by atoms with Gasteiger partial charge in [0.2, 0.25) is 0 Å². The highest BCUT2D eigenvalue weighted by molar-refractivity contribution is 6.99. The van der Waals surface area contributed by atoms with E-state index in [4.69, 9.17) is 9.16 Å². The smallest absolute Gasteiger partial charge is 0.261 e. The fourth-order valence-corrected chi connectivity index (χ4v) is 13.3. The second-order valence-electron chi connectivity index (χ2n) is 15.2. The molecule has 3 aliphatic rings. The molecule has 0 heterocycles. The van der Waals surface area contributed by atoms with Crippen LogP contribution in [0.3, 0.4) is 0 Å². The number of hydrogen-bond donors (Lipinski definition) is 1. The van der Waals surface area contributed by atoms with Crippen LogP contribution in [-0.2, 0) is 15.8 Å². The zero-order valence-electron chi connectivity index (χ0n) is 28.4. The van der Waals surface area contributed by atoms with Crippen LogP contribution in [0.2, 0.25) is 5.04 Å². The Labute approximate surface area is 273 Å². The standard InChI is InChI=1S/C41H54O3Si/c1-31(20-18-19-29-44-45(38(3,4)5,34-23-14-10-15-24-34)35-25-16-11-17-26-35)41(42)37(43-30-33-21-12-9-13-22-33)36-27-28-40(41,8)32(2)39(36,6)7/h9-17,21-26,36-37,42H,1-2,18-20,27-30H2,3-8H3/t36-,37+,40-,41-/m1/s1.